The van der Waals surface area contributed by atoms with Gasteiger partial charge in [-0.1, -0.05) is 49.3 Å². The number of benzene rings is 2. The van der Waals surface area contributed by atoms with Crippen LogP contribution in [0.15, 0.2) is 58.8 Å². The second-order valence-electron chi connectivity index (χ2n) is 7.05. The molecule has 0 fully saturated rings. The molecule has 0 aliphatic heterocycles. The molecule has 0 saturated heterocycles. The molecule has 0 bridgehead atoms. The number of methoxy groups -OCH3 is 1. The minimum Gasteiger partial charge on any atom is -0.497 e. The van der Waals surface area contributed by atoms with Crippen molar-refractivity contribution in [1.29, 1.82) is 5.26 Å². The Hall–Kier alpha value is -3.08. The Morgan fingerprint density at radius 3 is 2.65 bits per heavy atom. The normalized spacial score (nSPS) is 11.0. The molecule has 3 aromatic rings. The number of nitriles is 1. The fourth-order valence-corrected chi connectivity index (χ4v) is 3.64. The van der Waals surface area contributed by atoms with Crippen LogP contribution < -0.4 is 10.2 Å². The van der Waals surface area contributed by atoms with Crippen molar-refractivity contribution in [2.75, 3.05) is 18.3 Å². The third kappa shape index (κ3) is 6.20. The monoisotopic (exact) mass is 451 g/mol. The average Bonchev–Trinajstić information content (AvgIpc) is 2.77. The van der Waals surface area contributed by atoms with Gasteiger partial charge in [0.1, 0.15) is 17.4 Å². The molecule has 31 heavy (non-hydrogen) atoms. The first-order chi connectivity index (χ1) is 15.0. The van der Waals surface area contributed by atoms with Crippen LogP contribution in [0.3, 0.4) is 0 Å². The Kier molecular flexibility index (Phi) is 7.88. The number of hydrogen-bond donors (Lipinski definition) is 1. The number of hydrazone groups is 1. The van der Waals surface area contributed by atoms with Gasteiger partial charge in [-0.2, -0.15) is 10.4 Å². The molecule has 0 aliphatic carbocycles. The lowest BCUT2D eigenvalue weighted by atomic mass is 10.1. The molecule has 6 nitrogen and oxygen atoms in total. The number of nitrogens with zero attached hydrogens (tertiary/aromatic N) is 4. The predicted octanol–water partition coefficient (Wildman–Crippen LogP) is 5.87. The van der Waals surface area contributed by atoms with E-state index in [9.17, 15) is 5.26 Å². The number of anilines is 1. The number of rotatable bonds is 8. The van der Waals surface area contributed by atoms with Crippen LogP contribution in [0.4, 0.5) is 5.82 Å². The predicted molar refractivity (Wildman–Crippen MR) is 127 cm³/mol. The molecule has 8 heteroatoms. The van der Waals surface area contributed by atoms with E-state index in [0.717, 1.165) is 22.6 Å². The Bertz CT molecular complexity index is 1110. The molecular weight excluding hydrogens is 430 g/mol. The molecule has 0 spiro atoms. The summed E-state index contributed by atoms with van der Waals surface area (Å²) in [5.41, 5.74) is 5.41. The average molecular weight is 452 g/mol. The van der Waals surface area contributed by atoms with Crippen LogP contribution in [0, 0.1) is 17.2 Å². The topological polar surface area (TPSA) is 83.2 Å². The fraction of sp³-hybridized carbons (Fsp3) is 0.217. The van der Waals surface area contributed by atoms with Gasteiger partial charge in [-0.15, -0.1) is 0 Å². The summed E-state index contributed by atoms with van der Waals surface area (Å²) in [5.74, 6) is 2.42. The summed E-state index contributed by atoms with van der Waals surface area (Å²) >= 11 is 7.57. The van der Waals surface area contributed by atoms with E-state index in [1.165, 1.54) is 0 Å². The van der Waals surface area contributed by atoms with Crippen LogP contribution >= 0.6 is 23.4 Å². The first kappa shape index (κ1) is 22.6. The zero-order chi connectivity index (χ0) is 22.2. The van der Waals surface area contributed by atoms with Crippen molar-refractivity contribution >= 4 is 35.4 Å². The minimum absolute atomic E-state index is 0.322. The molecule has 0 unspecified atom stereocenters. The molecule has 0 saturated carbocycles. The molecule has 3 rings (SSSR count). The van der Waals surface area contributed by atoms with Crippen molar-refractivity contribution in [3.05, 3.63) is 64.7 Å². The summed E-state index contributed by atoms with van der Waals surface area (Å²) in [5, 5.41) is 15.3. The largest absolute Gasteiger partial charge is 0.497 e. The second kappa shape index (κ2) is 10.8. The van der Waals surface area contributed by atoms with E-state index >= 15 is 0 Å². The minimum atomic E-state index is 0.322. The van der Waals surface area contributed by atoms with Gasteiger partial charge in [-0.3, -0.25) is 5.43 Å². The number of ether oxygens (including phenoxy) is 1. The van der Waals surface area contributed by atoms with Crippen LogP contribution in [0.1, 0.15) is 25.0 Å². The number of nitrogens with one attached hydrogen (secondary N) is 1. The van der Waals surface area contributed by atoms with Crippen molar-refractivity contribution in [2.24, 2.45) is 11.0 Å². The lowest BCUT2D eigenvalue weighted by Gasteiger charge is -2.12. The van der Waals surface area contributed by atoms with Crippen LogP contribution in [-0.4, -0.2) is 29.0 Å². The molecule has 0 aliphatic rings. The second-order valence-corrected chi connectivity index (χ2v) is 8.47. The van der Waals surface area contributed by atoms with Crippen molar-refractivity contribution < 1.29 is 4.74 Å². The van der Waals surface area contributed by atoms with Crippen molar-refractivity contribution in [2.45, 2.75) is 19.0 Å². The van der Waals surface area contributed by atoms with Crippen molar-refractivity contribution in [3.63, 3.8) is 0 Å². The smallest absolute Gasteiger partial charge is 0.190 e. The molecule has 1 aromatic heterocycles. The SMILES string of the molecule is COc1ccc(-c2nc(SCC(C)C)nc(N/N=C\c3cccc(Cl)c3)c2C#N)cc1. The molecule has 1 N–H and O–H groups in total. The Morgan fingerprint density at radius 2 is 2.00 bits per heavy atom. The quantitative estimate of drug-likeness (QED) is 0.199. The highest BCUT2D eigenvalue weighted by atomic mass is 35.5. The van der Waals surface area contributed by atoms with Gasteiger partial charge in [0.15, 0.2) is 11.0 Å². The van der Waals surface area contributed by atoms with Crippen LogP contribution in [-0.2, 0) is 0 Å². The Morgan fingerprint density at radius 1 is 1.23 bits per heavy atom. The highest BCUT2D eigenvalue weighted by Crippen LogP contribution is 2.30. The number of halogens is 1. The van der Waals surface area contributed by atoms with Crippen LogP contribution in [0.25, 0.3) is 11.3 Å². The number of aromatic nitrogens is 2. The van der Waals surface area contributed by atoms with E-state index in [1.54, 1.807) is 37.2 Å². The zero-order valence-corrected chi connectivity index (χ0v) is 19.0. The van der Waals surface area contributed by atoms with Gasteiger partial charge in [0.05, 0.1) is 19.0 Å². The molecule has 0 radical (unpaired) electrons. The van der Waals surface area contributed by atoms with Gasteiger partial charge in [0, 0.05) is 16.3 Å². The van der Waals surface area contributed by atoms with E-state index in [-0.39, 0.29) is 0 Å². The maximum absolute atomic E-state index is 9.85. The summed E-state index contributed by atoms with van der Waals surface area (Å²) in [7, 11) is 1.61. The first-order valence-corrected chi connectivity index (χ1v) is 11.0. The van der Waals surface area contributed by atoms with Gasteiger partial charge >= 0.3 is 0 Å². The summed E-state index contributed by atoms with van der Waals surface area (Å²) in [6.45, 7) is 4.27. The summed E-state index contributed by atoms with van der Waals surface area (Å²) in [6, 6.07) is 17.0. The lowest BCUT2D eigenvalue weighted by molar-refractivity contribution is 0.415. The van der Waals surface area contributed by atoms with Crippen molar-refractivity contribution in [1.82, 2.24) is 9.97 Å². The summed E-state index contributed by atoms with van der Waals surface area (Å²) in [4.78, 5) is 9.20. The molecule has 1 heterocycles. The van der Waals surface area contributed by atoms with Gasteiger partial charge in [0.25, 0.3) is 0 Å². The van der Waals surface area contributed by atoms with E-state index < -0.39 is 0 Å². The van der Waals surface area contributed by atoms with Gasteiger partial charge in [0.2, 0.25) is 0 Å². The molecule has 2 aromatic carbocycles. The highest BCUT2D eigenvalue weighted by Gasteiger charge is 2.17. The van der Waals surface area contributed by atoms with E-state index in [2.05, 4.69) is 40.4 Å². The zero-order valence-electron chi connectivity index (χ0n) is 17.5. The summed E-state index contributed by atoms with van der Waals surface area (Å²) in [6.07, 6.45) is 1.63. The standard InChI is InChI=1S/C23H22ClN5OS/c1-15(2)14-31-23-27-21(17-7-9-19(30-3)10-8-17)20(12-25)22(28-23)29-26-13-16-5-4-6-18(24)11-16/h4-11,13,15H,14H2,1-3H3,(H,27,28,29)/b26-13-. The fourth-order valence-electron chi connectivity index (χ4n) is 2.65. The van der Waals surface area contributed by atoms with Gasteiger partial charge in [-0.05, 0) is 47.9 Å². The molecule has 0 amide bonds. The number of thioether (sulfide) groups is 1. The first-order valence-electron chi connectivity index (χ1n) is 9.64. The maximum Gasteiger partial charge on any atom is 0.190 e. The Balaban J connectivity index is 1.98. The third-order valence-electron chi connectivity index (χ3n) is 4.14. The van der Waals surface area contributed by atoms with Crippen LogP contribution in [0.5, 0.6) is 5.75 Å². The van der Waals surface area contributed by atoms with Gasteiger partial charge < -0.3 is 4.74 Å². The highest BCUT2D eigenvalue weighted by molar-refractivity contribution is 7.99. The summed E-state index contributed by atoms with van der Waals surface area (Å²) < 4.78 is 5.23. The Labute approximate surface area is 191 Å². The lowest BCUT2D eigenvalue weighted by Crippen LogP contribution is -2.04. The molecule has 0 atom stereocenters. The van der Waals surface area contributed by atoms with E-state index in [4.69, 9.17) is 16.3 Å². The van der Waals surface area contributed by atoms with Crippen LogP contribution in [0.2, 0.25) is 5.02 Å². The van der Waals surface area contributed by atoms with Gasteiger partial charge in [-0.25, -0.2) is 9.97 Å². The maximum atomic E-state index is 9.85. The molecular formula is C23H22ClN5OS. The van der Waals surface area contributed by atoms with E-state index in [1.807, 2.05) is 36.4 Å². The molecule has 158 valence electrons. The third-order valence-corrected chi connectivity index (χ3v) is 5.65. The van der Waals surface area contributed by atoms with Crippen molar-refractivity contribution in [3.8, 4) is 23.1 Å². The van der Waals surface area contributed by atoms with E-state index in [0.29, 0.717) is 33.2 Å². The number of hydrogen-bond acceptors (Lipinski definition) is 7.